The summed E-state index contributed by atoms with van der Waals surface area (Å²) in [4.78, 5) is 16.0. The van der Waals surface area contributed by atoms with Crippen LogP contribution in [0.4, 0.5) is 0 Å². The van der Waals surface area contributed by atoms with Gasteiger partial charge in [0.1, 0.15) is 0 Å². The summed E-state index contributed by atoms with van der Waals surface area (Å²) < 4.78 is 0.889. The molecule has 1 aromatic heterocycles. The van der Waals surface area contributed by atoms with Crippen molar-refractivity contribution in [3.8, 4) is 0 Å². The molecule has 0 aliphatic carbocycles. The molecule has 27 heavy (non-hydrogen) atoms. The first-order valence-electron chi connectivity index (χ1n) is 8.29. The Balaban J connectivity index is 2.02. The highest BCUT2D eigenvalue weighted by atomic mass is 79.9. The molecule has 0 atom stereocenters. The average Bonchev–Trinajstić information content (AvgIpc) is 3.03. The first-order chi connectivity index (χ1) is 13.0. The number of carbonyl (C=O) groups is 1. The number of nitrogens with one attached hydrogen (secondary N) is 2. The van der Waals surface area contributed by atoms with Gasteiger partial charge in [-0.05, 0) is 35.9 Å². The summed E-state index contributed by atoms with van der Waals surface area (Å²) in [6.07, 6.45) is 3.70. The van der Waals surface area contributed by atoms with E-state index in [1.807, 2.05) is 42.5 Å². The van der Waals surface area contributed by atoms with Crippen LogP contribution in [0.3, 0.4) is 0 Å². The van der Waals surface area contributed by atoms with Crippen LogP contribution in [0.1, 0.15) is 21.6 Å². The summed E-state index contributed by atoms with van der Waals surface area (Å²) in [5.74, 6) is -0.368. The van der Waals surface area contributed by atoms with E-state index >= 15 is 0 Å². The van der Waals surface area contributed by atoms with Crippen molar-refractivity contribution in [1.29, 1.82) is 0 Å². The number of aliphatic hydroxyl groups is 2. The molecule has 3 rings (SSSR count). The summed E-state index contributed by atoms with van der Waals surface area (Å²) in [6.45, 7) is -0.682. The van der Waals surface area contributed by atoms with Crippen LogP contribution in [0.5, 0.6) is 0 Å². The number of aromatic amines is 1. The highest BCUT2D eigenvalue weighted by Gasteiger charge is 2.19. The summed E-state index contributed by atoms with van der Waals surface area (Å²) in [5, 5.41) is 22.6. The van der Waals surface area contributed by atoms with Gasteiger partial charge in [-0.15, -0.1) is 0 Å². The molecular weight excluding hydrogens is 432 g/mol. The van der Waals surface area contributed by atoms with E-state index in [9.17, 15) is 15.0 Å². The Bertz CT molecular complexity index is 979. The molecule has 140 valence electrons. The molecule has 0 aliphatic rings. The van der Waals surface area contributed by atoms with Crippen molar-refractivity contribution < 1.29 is 15.0 Å². The molecule has 5 nitrogen and oxygen atoms in total. The monoisotopic (exact) mass is 448 g/mol. The van der Waals surface area contributed by atoms with Gasteiger partial charge in [0.2, 0.25) is 0 Å². The lowest BCUT2D eigenvalue weighted by molar-refractivity contribution is 0.0881. The fraction of sp³-hybridized carbons (Fsp3) is 0.150. The molecule has 2 aromatic carbocycles. The summed E-state index contributed by atoms with van der Waals surface area (Å²) in [6, 6.07) is 12.2. The molecule has 0 saturated heterocycles. The number of aliphatic hydroxyl groups excluding tert-OH is 2. The van der Waals surface area contributed by atoms with Crippen LogP contribution < -0.4 is 5.32 Å². The SMILES string of the molecule is O=C(NC(CO)CO)c1c(C=Cc2ccc(Cl)cc2)[nH]c2cc(Br)ccc12. The van der Waals surface area contributed by atoms with Crippen molar-refractivity contribution in [2.75, 3.05) is 13.2 Å². The zero-order valence-electron chi connectivity index (χ0n) is 14.2. The van der Waals surface area contributed by atoms with E-state index in [0.29, 0.717) is 16.3 Å². The highest BCUT2D eigenvalue weighted by Crippen LogP contribution is 2.27. The number of amides is 1. The zero-order chi connectivity index (χ0) is 19.4. The van der Waals surface area contributed by atoms with Gasteiger partial charge in [0, 0.05) is 20.4 Å². The van der Waals surface area contributed by atoms with Crippen molar-refractivity contribution in [1.82, 2.24) is 10.3 Å². The topological polar surface area (TPSA) is 85.3 Å². The zero-order valence-corrected chi connectivity index (χ0v) is 16.6. The highest BCUT2D eigenvalue weighted by molar-refractivity contribution is 9.10. The Hall–Kier alpha value is -2.12. The minimum absolute atomic E-state index is 0.341. The molecule has 0 unspecified atom stereocenters. The normalized spacial score (nSPS) is 11.6. The van der Waals surface area contributed by atoms with Crippen molar-refractivity contribution in [2.45, 2.75) is 6.04 Å². The van der Waals surface area contributed by atoms with Gasteiger partial charge in [-0.1, -0.05) is 51.8 Å². The second kappa shape index (κ2) is 8.71. The average molecular weight is 450 g/mol. The van der Waals surface area contributed by atoms with E-state index < -0.39 is 6.04 Å². The number of halogens is 2. The Labute approximate surface area is 169 Å². The maximum Gasteiger partial charge on any atom is 0.254 e. The quantitative estimate of drug-likeness (QED) is 0.461. The number of rotatable bonds is 6. The van der Waals surface area contributed by atoms with Crippen molar-refractivity contribution in [2.24, 2.45) is 0 Å². The standard InChI is InChI=1S/C20H18BrClN2O3/c21-13-4-7-16-18(9-13)24-17(8-3-12-1-5-14(22)6-2-12)19(16)20(27)23-15(10-25)11-26/h1-9,15,24-26H,10-11H2,(H,23,27). The van der Waals surface area contributed by atoms with E-state index in [1.54, 1.807) is 12.1 Å². The first kappa shape index (κ1) is 19.6. The van der Waals surface area contributed by atoms with Crippen LogP contribution in [-0.4, -0.2) is 40.4 Å². The molecular formula is C20H18BrClN2O3. The number of carbonyl (C=O) groups excluding carboxylic acids is 1. The number of benzene rings is 2. The smallest absolute Gasteiger partial charge is 0.254 e. The van der Waals surface area contributed by atoms with Gasteiger partial charge in [0.25, 0.3) is 5.91 Å². The minimum Gasteiger partial charge on any atom is -0.394 e. The van der Waals surface area contributed by atoms with Crippen LogP contribution in [0.15, 0.2) is 46.9 Å². The second-order valence-electron chi connectivity index (χ2n) is 6.02. The molecule has 1 heterocycles. The van der Waals surface area contributed by atoms with Crippen LogP contribution in [0.25, 0.3) is 23.1 Å². The molecule has 0 saturated carbocycles. The van der Waals surface area contributed by atoms with Gasteiger partial charge in [0.15, 0.2) is 0 Å². The number of aromatic nitrogens is 1. The van der Waals surface area contributed by atoms with E-state index in [0.717, 1.165) is 20.9 Å². The molecule has 0 radical (unpaired) electrons. The lowest BCUT2D eigenvalue weighted by atomic mass is 10.1. The van der Waals surface area contributed by atoms with Crippen LogP contribution in [0.2, 0.25) is 5.02 Å². The Kier molecular flexibility index (Phi) is 6.34. The number of hydrogen-bond acceptors (Lipinski definition) is 3. The molecule has 3 aromatic rings. The lowest BCUT2D eigenvalue weighted by Crippen LogP contribution is -2.40. The first-order valence-corrected chi connectivity index (χ1v) is 9.46. The second-order valence-corrected chi connectivity index (χ2v) is 7.38. The summed E-state index contributed by atoms with van der Waals surface area (Å²) in [7, 11) is 0. The summed E-state index contributed by atoms with van der Waals surface area (Å²) in [5.41, 5.74) is 2.82. The van der Waals surface area contributed by atoms with Gasteiger partial charge in [-0.25, -0.2) is 0 Å². The maximum atomic E-state index is 12.8. The van der Waals surface area contributed by atoms with E-state index in [4.69, 9.17) is 11.6 Å². The molecule has 7 heteroatoms. The number of hydrogen-bond donors (Lipinski definition) is 4. The third-order valence-corrected chi connectivity index (χ3v) is 4.85. The van der Waals surface area contributed by atoms with Crippen molar-refractivity contribution >= 4 is 56.5 Å². The van der Waals surface area contributed by atoms with E-state index in [-0.39, 0.29) is 19.1 Å². The van der Waals surface area contributed by atoms with E-state index in [2.05, 4.69) is 26.2 Å². The Morgan fingerprint density at radius 1 is 1.15 bits per heavy atom. The van der Waals surface area contributed by atoms with Crippen molar-refractivity contribution in [3.05, 3.63) is 68.8 Å². The third kappa shape index (κ3) is 4.59. The van der Waals surface area contributed by atoms with Crippen LogP contribution >= 0.6 is 27.5 Å². The molecule has 0 spiro atoms. The van der Waals surface area contributed by atoms with Crippen LogP contribution in [0, 0.1) is 0 Å². The molecule has 1 amide bonds. The number of fused-ring (bicyclic) bond motifs is 1. The summed E-state index contributed by atoms with van der Waals surface area (Å²) >= 11 is 9.34. The number of H-pyrrole nitrogens is 1. The largest absolute Gasteiger partial charge is 0.394 e. The van der Waals surface area contributed by atoms with Gasteiger partial charge in [-0.3, -0.25) is 4.79 Å². The fourth-order valence-electron chi connectivity index (χ4n) is 2.72. The van der Waals surface area contributed by atoms with Gasteiger partial charge >= 0.3 is 0 Å². The predicted molar refractivity (Wildman–Crippen MR) is 112 cm³/mol. The Morgan fingerprint density at radius 3 is 2.52 bits per heavy atom. The van der Waals surface area contributed by atoms with Gasteiger partial charge in [-0.2, -0.15) is 0 Å². The third-order valence-electron chi connectivity index (χ3n) is 4.11. The van der Waals surface area contributed by atoms with Gasteiger partial charge < -0.3 is 20.5 Å². The molecule has 0 aliphatic heterocycles. The van der Waals surface area contributed by atoms with Crippen LogP contribution in [-0.2, 0) is 0 Å². The molecule has 0 fully saturated rings. The minimum atomic E-state index is -0.717. The van der Waals surface area contributed by atoms with Crippen molar-refractivity contribution in [3.63, 3.8) is 0 Å². The molecule has 4 N–H and O–H groups in total. The Morgan fingerprint density at radius 2 is 1.85 bits per heavy atom. The fourth-order valence-corrected chi connectivity index (χ4v) is 3.21. The lowest BCUT2D eigenvalue weighted by Gasteiger charge is -2.13. The van der Waals surface area contributed by atoms with Gasteiger partial charge in [0.05, 0.1) is 30.5 Å². The molecule has 0 bridgehead atoms. The maximum absolute atomic E-state index is 12.8. The van der Waals surface area contributed by atoms with E-state index in [1.165, 1.54) is 0 Å². The predicted octanol–water partition coefficient (Wildman–Crippen LogP) is 3.84.